The summed E-state index contributed by atoms with van der Waals surface area (Å²) in [5.74, 6) is 1.61. The first-order valence-electron chi connectivity index (χ1n) is 8.57. The molecule has 1 unspecified atom stereocenters. The van der Waals surface area contributed by atoms with Crippen molar-refractivity contribution >= 4 is 11.7 Å². The fraction of sp³-hybridized carbons (Fsp3) is 0.529. The van der Waals surface area contributed by atoms with Crippen molar-refractivity contribution in [1.82, 2.24) is 20.4 Å². The zero-order valence-electron chi connectivity index (χ0n) is 14.1. The van der Waals surface area contributed by atoms with Gasteiger partial charge < -0.3 is 19.8 Å². The van der Waals surface area contributed by atoms with Crippen LogP contribution in [-0.2, 0) is 0 Å². The molecule has 1 amide bonds. The Hall–Kier alpha value is -2.48. The third kappa shape index (κ3) is 3.34. The Kier molecular flexibility index (Phi) is 4.12. The Morgan fingerprint density at radius 3 is 2.88 bits per heavy atom. The SMILES string of the molecule is Cc1cc(C(=O)NC2CC(c3cc(N4CCC(O)C4)ncn3)C2)no1. The molecule has 2 aromatic rings. The van der Waals surface area contributed by atoms with Crippen molar-refractivity contribution in [3.63, 3.8) is 0 Å². The standard InChI is InChI=1S/C17H21N5O3/c1-10-4-15(21-25-10)17(24)20-12-5-11(6-12)14-7-16(19-9-18-14)22-3-2-13(23)8-22/h4,7,9,11-13,23H,2-3,5-6,8H2,1H3,(H,20,24). The molecule has 0 spiro atoms. The third-order valence-electron chi connectivity index (χ3n) is 4.91. The smallest absolute Gasteiger partial charge is 0.273 e. The molecule has 8 heteroatoms. The molecule has 8 nitrogen and oxygen atoms in total. The predicted molar refractivity (Wildman–Crippen MR) is 89.3 cm³/mol. The minimum atomic E-state index is -0.276. The lowest BCUT2D eigenvalue weighted by atomic mass is 9.78. The van der Waals surface area contributed by atoms with E-state index in [2.05, 4.69) is 25.3 Å². The highest BCUT2D eigenvalue weighted by Crippen LogP contribution is 2.37. The van der Waals surface area contributed by atoms with Crippen LogP contribution >= 0.6 is 0 Å². The van der Waals surface area contributed by atoms with Gasteiger partial charge in [-0.3, -0.25) is 4.79 Å². The topological polar surface area (TPSA) is 104 Å². The van der Waals surface area contributed by atoms with E-state index in [0.717, 1.165) is 37.3 Å². The van der Waals surface area contributed by atoms with Gasteiger partial charge in [-0.25, -0.2) is 9.97 Å². The summed E-state index contributed by atoms with van der Waals surface area (Å²) in [7, 11) is 0. The minimum Gasteiger partial charge on any atom is -0.391 e. The number of carbonyl (C=O) groups is 1. The number of nitrogens with zero attached hydrogens (tertiary/aromatic N) is 4. The van der Waals surface area contributed by atoms with Gasteiger partial charge in [0.2, 0.25) is 0 Å². The summed E-state index contributed by atoms with van der Waals surface area (Å²) in [5, 5.41) is 16.4. The molecule has 25 heavy (non-hydrogen) atoms. The zero-order chi connectivity index (χ0) is 17.4. The van der Waals surface area contributed by atoms with Gasteiger partial charge in [0.25, 0.3) is 5.91 Å². The summed E-state index contributed by atoms with van der Waals surface area (Å²) in [4.78, 5) is 22.9. The second kappa shape index (κ2) is 6.44. The number of aryl methyl sites for hydroxylation is 1. The number of anilines is 1. The highest BCUT2D eigenvalue weighted by molar-refractivity contribution is 5.92. The first-order valence-corrected chi connectivity index (χ1v) is 8.57. The van der Waals surface area contributed by atoms with Crippen LogP contribution in [0.15, 0.2) is 23.0 Å². The number of nitrogens with one attached hydrogen (secondary N) is 1. The maximum absolute atomic E-state index is 12.1. The number of amides is 1. The van der Waals surface area contributed by atoms with Gasteiger partial charge >= 0.3 is 0 Å². The fourth-order valence-corrected chi connectivity index (χ4v) is 3.42. The Bertz CT molecular complexity index is 771. The van der Waals surface area contributed by atoms with Gasteiger partial charge in [0.05, 0.1) is 6.10 Å². The van der Waals surface area contributed by atoms with E-state index < -0.39 is 0 Å². The Labute approximate surface area is 145 Å². The van der Waals surface area contributed by atoms with Crippen molar-refractivity contribution in [3.8, 4) is 0 Å². The lowest BCUT2D eigenvalue weighted by Gasteiger charge is -2.35. The van der Waals surface area contributed by atoms with E-state index in [4.69, 9.17) is 4.52 Å². The summed E-state index contributed by atoms with van der Waals surface area (Å²) in [5.41, 5.74) is 1.31. The van der Waals surface area contributed by atoms with Crippen LogP contribution in [0, 0.1) is 6.92 Å². The molecule has 2 fully saturated rings. The maximum Gasteiger partial charge on any atom is 0.273 e. The van der Waals surface area contributed by atoms with Crippen LogP contribution in [0.4, 0.5) is 5.82 Å². The van der Waals surface area contributed by atoms with Crippen LogP contribution in [0.5, 0.6) is 0 Å². The van der Waals surface area contributed by atoms with Gasteiger partial charge in [-0.1, -0.05) is 5.16 Å². The first kappa shape index (κ1) is 16.0. The maximum atomic E-state index is 12.1. The molecule has 0 radical (unpaired) electrons. The second-order valence-electron chi connectivity index (χ2n) is 6.85. The van der Waals surface area contributed by atoms with Crippen LogP contribution in [0.1, 0.15) is 47.1 Å². The largest absolute Gasteiger partial charge is 0.391 e. The van der Waals surface area contributed by atoms with Gasteiger partial charge in [-0.05, 0) is 26.2 Å². The highest BCUT2D eigenvalue weighted by Gasteiger charge is 2.33. The number of aliphatic hydroxyl groups is 1. The number of carbonyl (C=O) groups excluding carboxylic acids is 1. The quantitative estimate of drug-likeness (QED) is 0.854. The summed E-state index contributed by atoms with van der Waals surface area (Å²) in [6.45, 7) is 3.20. The molecular weight excluding hydrogens is 322 g/mol. The summed E-state index contributed by atoms with van der Waals surface area (Å²) in [6, 6.07) is 3.76. The van der Waals surface area contributed by atoms with Crippen molar-refractivity contribution in [1.29, 1.82) is 0 Å². The van der Waals surface area contributed by atoms with Crippen molar-refractivity contribution in [3.05, 3.63) is 35.6 Å². The molecule has 1 saturated carbocycles. The van der Waals surface area contributed by atoms with E-state index in [9.17, 15) is 9.90 Å². The molecular formula is C17H21N5O3. The van der Waals surface area contributed by atoms with Crippen molar-refractivity contribution < 1.29 is 14.4 Å². The Morgan fingerprint density at radius 2 is 2.20 bits per heavy atom. The van der Waals surface area contributed by atoms with E-state index in [1.54, 1.807) is 19.3 Å². The van der Waals surface area contributed by atoms with Crippen LogP contribution in [-0.4, -0.2) is 51.4 Å². The number of hydrogen-bond donors (Lipinski definition) is 2. The van der Waals surface area contributed by atoms with Crippen molar-refractivity contribution in [2.75, 3.05) is 18.0 Å². The average Bonchev–Trinajstić information content (AvgIpc) is 3.19. The van der Waals surface area contributed by atoms with E-state index in [1.165, 1.54) is 0 Å². The molecule has 4 rings (SSSR count). The molecule has 1 atom stereocenters. The molecule has 1 saturated heterocycles. The zero-order valence-corrected chi connectivity index (χ0v) is 14.1. The first-order chi connectivity index (χ1) is 12.1. The molecule has 2 aliphatic rings. The Morgan fingerprint density at radius 1 is 1.36 bits per heavy atom. The predicted octanol–water partition coefficient (Wildman–Crippen LogP) is 1.02. The monoisotopic (exact) mass is 343 g/mol. The molecule has 3 heterocycles. The number of aromatic nitrogens is 3. The Balaban J connectivity index is 1.34. The lowest BCUT2D eigenvalue weighted by molar-refractivity contribution is 0.0899. The van der Waals surface area contributed by atoms with Gasteiger partial charge in [0, 0.05) is 42.9 Å². The van der Waals surface area contributed by atoms with E-state index >= 15 is 0 Å². The average molecular weight is 343 g/mol. The second-order valence-corrected chi connectivity index (χ2v) is 6.85. The van der Waals surface area contributed by atoms with Crippen LogP contribution < -0.4 is 10.2 Å². The third-order valence-corrected chi connectivity index (χ3v) is 4.91. The van der Waals surface area contributed by atoms with Crippen molar-refractivity contribution in [2.45, 2.75) is 44.2 Å². The van der Waals surface area contributed by atoms with Crippen LogP contribution in [0.3, 0.4) is 0 Å². The molecule has 1 aliphatic carbocycles. The number of aliphatic hydroxyl groups excluding tert-OH is 1. The highest BCUT2D eigenvalue weighted by atomic mass is 16.5. The normalized spacial score (nSPS) is 25.7. The molecule has 1 aliphatic heterocycles. The number of rotatable bonds is 4. The van der Waals surface area contributed by atoms with E-state index in [-0.39, 0.29) is 18.1 Å². The van der Waals surface area contributed by atoms with Gasteiger partial charge in [0.1, 0.15) is 17.9 Å². The molecule has 2 N–H and O–H groups in total. The fourth-order valence-electron chi connectivity index (χ4n) is 3.42. The van der Waals surface area contributed by atoms with Gasteiger partial charge in [-0.15, -0.1) is 0 Å². The molecule has 132 valence electrons. The van der Waals surface area contributed by atoms with E-state index in [0.29, 0.717) is 23.9 Å². The summed E-state index contributed by atoms with van der Waals surface area (Å²) < 4.78 is 4.93. The van der Waals surface area contributed by atoms with Gasteiger partial charge in [0.15, 0.2) is 5.69 Å². The van der Waals surface area contributed by atoms with E-state index in [1.807, 2.05) is 6.07 Å². The lowest BCUT2D eigenvalue weighted by Crippen LogP contribution is -2.43. The molecule has 0 aromatic carbocycles. The minimum absolute atomic E-state index is 0.126. The number of hydrogen-bond acceptors (Lipinski definition) is 7. The van der Waals surface area contributed by atoms with Crippen molar-refractivity contribution in [2.24, 2.45) is 0 Å². The van der Waals surface area contributed by atoms with Gasteiger partial charge in [-0.2, -0.15) is 0 Å². The number of β-amino-alcohol motifs (C(OH)–C–C–N with tert-alkyl or cyclic N) is 1. The molecule has 0 bridgehead atoms. The van der Waals surface area contributed by atoms with Crippen LogP contribution in [0.2, 0.25) is 0 Å². The molecule has 2 aromatic heterocycles. The van der Waals surface area contributed by atoms with Crippen LogP contribution in [0.25, 0.3) is 0 Å². The summed E-state index contributed by atoms with van der Waals surface area (Å²) >= 11 is 0. The summed E-state index contributed by atoms with van der Waals surface area (Å²) in [6.07, 6.45) is 3.78.